The Balaban J connectivity index is 1.86. The van der Waals surface area contributed by atoms with Gasteiger partial charge >= 0.3 is 0 Å². The molecule has 0 spiro atoms. The second-order valence-corrected chi connectivity index (χ2v) is 6.72. The number of nitrogens with one attached hydrogen (secondary N) is 1. The Morgan fingerprint density at radius 2 is 2.12 bits per heavy atom. The maximum Gasteiger partial charge on any atom is 0.261 e. The third-order valence-electron chi connectivity index (χ3n) is 3.04. The number of carbonyl (C=O) groups is 1. The van der Waals surface area contributed by atoms with Crippen molar-refractivity contribution in [3.8, 4) is 6.07 Å². The zero-order valence-corrected chi connectivity index (χ0v) is 11.7. The van der Waals surface area contributed by atoms with Gasteiger partial charge in [0, 0.05) is 12.0 Å². The van der Waals surface area contributed by atoms with Gasteiger partial charge < -0.3 is 5.32 Å². The van der Waals surface area contributed by atoms with Crippen LogP contribution in [0.15, 0.2) is 15.9 Å². The maximum absolute atomic E-state index is 11.9. The number of nitriles is 1. The van der Waals surface area contributed by atoms with Crippen molar-refractivity contribution >= 4 is 33.2 Å². The van der Waals surface area contributed by atoms with E-state index in [-0.39, 0.29) is 17.9 Å². The van der Waals surface area contributed by atoms with E-state index < -0.39 is 0 Å². The molecule has 0 aromatic carbocycles. The Kier molecular flexibility index (Phi) is 4.19. The number of rotatable bonds is 2. The molecule has 0 atom stereocenters. The van der Waals surface area contributed by atoms with E-state index >= 15 is 0 Å². The Labute approximate surface area is 113 Å². The number of hydrogen-bond donors (Lipinski definition) is 1. The van der Waals surface area contributed by atoms with Gasteiger partial charge in [0.25, 0.3) is 5.91 Å². The van der Waals surface area contributed by atoms with Crippen LogP contribution in [-0.4, -0.2) is 11.9 Å². The molecule has 1 heterocycles. The summed E-state index contributed by atoms with van der Waals surface area (Å²) in [5.74, 6) is 0.181. The number of carbonyl (C=O) groups excluding carboxylic acids is 1. The van der Waals surface area contributed by atoms with Crippen molar-refractivity contribution in [2.24, 2.45) is 5.92 Å². The highest BCUT2D eigenvalue weighted by atomic mass is 79.9. The summed E-state index contributed by atoms with van der Waals surface area (Å²) in [5.41, 5.74) is 0. The zero-order valence-electron chi connectivity index (χ0n) is 9.28. The molecular weight excluding hydrogens is 300 g/mol. The molecule has 3 nitrogen and oxygen atoms in total. The van der Waals surface area contributed by atoms with E-state index in [2.05, 4.69) is 27.3 Å². The molecule has 0 saturated heterocycles. The summed E-state index contributed by atoms with van der Waals surface area (Å²) in [6, 6.07) is 6.23. The number of hydrogen-bond acceptors (Lipinski definition) is 3. The minimum atomic E-state index is 0.00103. The number of amides is 1. The number of thiophene rings is 1. The van der Waals surface area contributed by atoms with Crippen molar-refractivity contribution in [3.05, 3.63) is 20.8 Å². The molecule has 1 saturated carbocycles. The smallest absolute Gasteiger partial charge is 0.261 e. The molecule has 2 rings (SSSR count). The standard InChI is InChI=1S/C12H13BrN2OS/c13-11-6-5-10(17-11)12(16)15-9-3-1-8(7-14)2-4-9/h5-6,8-9H,1-4H2,(H,15,16). The second kappa shape index (κ2) is 5.65. The fourth-order valence-electron chi connectivity index (χ4n) is 2.06. The highest BCUT2D eigenvalue weighted by Gasteiger charge is 2.22. The zero-order chi connectivity index (χ0) is 12.3. The summed E-state index contributed by atoms with van der Waals surface area (Å²) < 4.78 is 0.968. The topological polar surface area (TPSA) is 52.9 Å². The molecule has 1 aromatic heterocycles. The number of nitrogens with zero attached hydrogens (tertiary/aromatic N) is 1. The van der Waals surface area contributed by atoms with E-state index in [9.17, 15) is 4.79 Å². The third kappa shape index (κ3) is 3.30. The maximum atomic E-state index is 11.9. The lowest BCUT2D eigenvalue weighted by Gasteiger charge is -2.25. The van der Waals surface area contributed by atoms with Crippen LogP contribution in [0, 0.1) is 17.2 Å². The summed E-state index contributed by atoms with van der Waals surface area (Å²) in [6.45, 7) is 0. The van der Waals surface area contributed by atoms with Crippen LogP contribution < -0.4 is 5.32 Å². The lowest BCUT2D eigenvalue weighted by molar-refractivity contribution is 0.0929. The van der Waals surface area contributed by atoms with Crippen molar-refractivity contribution in [2.75, 3.05) is 0 Å². The molecule has 0 aliphatic heterocycles. The SMILES string of the molecule is N#CC1CCC(NC(=O)c2ccc(Br)s2)CC1. The van der Waals surface area contributed by atoms with Crippen LogP contribution in [0.3, 0.4) is 0 Å². The minimum absolute atomic E-state index is 0.00103. The minimum Gasteiger partial charge on any atom is -0.349 e. The van der Waals surface area contributed by atoms with E-state index in [0.717, 1.165) is 34.3 Å². The number of halogens is 1. The first-order valence-electron chi connectivity index (χ1n) is 5.65. The van der Waals surface area contributed by atoms with E-state index in [1.807, 2.05) is 12.1 Å². The summed E-state index contributed by atoms with van der Waals surface area (Å²) in [7, 11) is 0. The van der Waals surface area contributed by atoms with Gasteiger partial charge in [-0.2, -0.15) is 5.26 Å². The first kappa shape index (κ1) is 12.6. The Hall–Kier alpha value is -0.860. The molecule has 1 N–H and O–H groups in total. The van der Waals surface area contributed by atoms with E-state index in [4.69, 9.17) is 5.26 Å². The van der Waals surface area contributed by atoms with Crippen LogP contribution in [0.5, 0.6) is 0 Å². The van der Waals surface area contributed by atoms with Crippen LogP contribution in [0.1, 0.15) is 35.4 Å². The summed E-state index contributed by atoms with van der Waals surface area (Å²) in [4.78, 5) is 12.6. The lowest BCUT2D eigenvalue weighted by atomic mass is 9.87. The highest BCUT2D eigenvalue weighted by molar-refractivity contribution is 9.11. The molecule has 0 radical (unpaired) electrons. The molecule has 17 heavy (non-hydrogen) atoms. The molecule has 90 valence electrons. The van der Waals surface area contributed by atoms with Crippen LogP contribution in [-0.2, 0) is 0 Å². The first-order valence-corrected chi connectivity index (χ1v) is 7.26. The quantitative estimate of drug-likeness (QED) is 0.910. The van der Waals surface area contributed by atoms with Gasteiger partial charge in [-0.3, -0.25) is 4.79 Å². The van der Waals surface area contributed by atoms with Crippen molar-refractivity contribution in [1.82, 2.24) is 5.32 Å². The molecule has 5 heteroatoms. The normalized spacial score (nSPS) is 24.0. The Morgan fingerprint density at radius 1 is 1.41 bits per heavy atom. The van der Waals surface area contributed by atoms with E-state index in [0.29, 0.717) is 0 Å². The Morgan fingerprint density at radius 3 is 2.65 bits per heavy atom. The van der Waals surface area contributed by atoms with Crippen molar-refractivity contribution in [2.45, 2.75) is 31.7 Å². The van der Waals surface area contributed by atoms with Gasteiger partial charge in [0.15, 0.2) is 0 Å². The van der Waals surface area contributed by atoms with Crippen LogP contribution in [0.4, 0.5) is 0 Å². The van der Waals surface area contributed by atoms with Crippen molar-refractivity contribution < 1.29 is 4.79 Å². The van der Waals surface area contributed by atoms with Gasteiger partial charge in [0.2, 0.25) is 0 Å². The van der Waals surface area contributed by atoms with Gasteiger partial charge in [-0.25, -0.2) is 0 Å². The van der Waals surface area contributed by atoms with Crippen molar-refractivity contribution in [1.29, 1.82) is 5.26 Å². The Bertz CT molecular complexity index is 444. The third-order valence-corrected chi connectivity index (χ3v) is 4.66. The molecule has 1 aliphatic rings. The fourth-order valence-corrected chi connectivity index (χ4v) is 3.35. The summed E-state index contributed by atoms with van der Waals surface area (Å²) in [5, 5.41) is 11.8. The fraction of sp³-hybridized carbons (Fsp3) is 0.500. The molecule has 0 bridgehead atoms. The van der Waals surface area contributed by atoms with Gasteiger partial charge in [-0.15, -0.1) is 11.3 Å². The van der Waals surface area contributed by atoms with E-state index in [1.54, 1.807) is 0 Å². The predicted octanol–water partition coefficient (Wildman–Crippen LogP) is 3.32. The highest BCUT2D eigenvalue weighted by Crippen LogP contribution is 2.25. The molecular formula is C12H13BrN2OS. The summed E-state index contributed by atoms with van der Waals surface area (Å²) in [6.07, 6.45) is 3.62. The van der Waals surface area contributed by atoms with Crippen LogP contribution in [0.25, 0.3) is 0 Å². The van der Waals surface area contributed by atoms with Crippen LogP contribution >= 0.6 is 27.3 Å². The van der Waals surface area contributed by atoms with Gasteiger partial charge in [-0.1, -0.05) is 0 Å². The predicted molar refractivity (Wildman–Crippen MR) is 70.8 cm³/mol. The average Bonchev–Trinajstić information content (AvgIpc) is 2.77. The molecule has 1 aliphatic carbocycles. The van der Waals surface area contributed by atoms with E-state index in [1.165, 1.54) is 11.3 Å². The van der Waals surface area contributed by atoms with Crippen LogP contribution in [0.2, 0.25) is 0 Å². The molecule has 1 aromatic rings. The largest absolute Gasteiger partial charge is 0.349 e. The molecule has 0 unspecified atom stereocenters. The van der Waals surface area contributed by atoms with Gasteiger partial charge in [0.05, 0.1) is 14.7 Å². The van der Waals surface area contributed by atoms with Gasteiger partial charge in [0.1, 0.15) is 0 Å². The lowest BCUT2D eigenvalue weighted by Crippen LogP contribution is -2.37. The monoisotopic (exact) mass is 312 g/mol. The summed E-state index contributed by atoms with van der Waals surface area (Å²) >= 11 is 4.79. The average molecular weight is 313 g/mol. The second-order valence-electron chi connectivity index (χ2n) is 4.25. The first-order chi connectivity index (χ1) is 8.19. The molecule has 1 fully saturated rings. The van der Waals surface area contributed by atoms with Crippen molar-refractivity contribution in [3.63, 3.8) is 0 Å². The molecule has 1 amide bonds. The van der Waals surface area contributed by atoms with Gasteiger partial charge in [-0.05, 0) is 53.7 Å².